The van der Waals surface area contributed by atoms with E-state index < -0.39 is 21.5 Å². The molecule has 0 aliphatic rings. The number of aryl methyl sites for hydroxylation is 1. The van der Waals surface area contributed by atoms with Crippen molar-refractivity contribution in [2.45, 2.75) is 39.0 Å². The van der Waals surface area contributed by atoms with Gasteiger partial charge in [0.2, 0.25) is 5.91 Å². The lowest BCUT2D eigenvalue weighted by Gasteiger charge is -2.12. The zero-order chi connectivity index (χ0) is 14.5. The summed E-state index contributed by atoms with van der Waals surface area (Å²) in [5.74, 6) is -0.970. The number of hydrogen-bond acceptors (Lipinski definition) is 3. The molecule has 106 valence electrons. The molecule has 1 N–H and O–H groups in total. The van der Waals surface area contributed by atoms with Gasteiger partial charge in [0.05, 0.1) is 5.75 Å². The topological polar surface area (TPSA) is 63.2 Å². The van der Waals surface area contributed by atoms with Crippen molar-refractivity contribution < 1.29 is 13.2 Å². The van der Waals surface area contributed by atoms with E-state index >= 15 is 0 Å². The van der Waals surface area contributed by atoms with E-state index in [1.54, 1.807) is 12.1 Å². The van der Waals surface area contributed by atoms with Crippen LogP contribution in [0.15, 0.2) is 24.3 Å². The van der Waals surface area contributed by atoms with Crippen LogP contribution in [0.1, 0.15) is 31.4 Å². The van der Waals surface area contributed by atoms with Gasteiger partial charge in [-0.25, -0.2) is 8.42 Å². The van der Waals surface area contributed by atoms with Crippen molar-refractivity contribution in [3.8, 4) is 0 Å². The first-order valence-electron chi connectivity index (χ1n) is 6.38. The fraction of sp³-hybridized carbons (Fsp3) is 0.500. The molecule has 0 bridgehead atoms. The summed E-state index contributed by atoms with van der Waals surface area (Å²) in [5, 5.41) is 2.67. The van der Waals surface area contributed by atoms with Crippen molar-refractivity contribution in [3.05, 3.63) is 35.4 Å². The third-order valence-electron chi connectivity index (χ3n) is 3.01. The Morgan fingerprint density at radius 1 is 1.32 bits per heavy atom. The second-order valence-corrected chi connectivity index (χ2v) is 6.90. The van der Waals surface area contributed by atoms with Crippen molar-refractivity contribution in [1.29, 1.82) is 0 Å². The van der Waals surface area contributed by atoms with Gasteiger partial charge in [0.15, 0.2) is 9.84 Å². The third kappa shape index (κ3) is 5.42. The fourth-order valence-electron chi connectivity index (χ4n) is 1.68. The molecule has 5 heteroatoms. The van der Waals surface area contributed by atoms with Gasteiger partial charge in [-0.05, 0) is 31.4 Å². The molecular formula is C14H21NO3S. The number of amides is 1. The molecule has 1 amide bonds. The summed E-state index contributed by atoms with van der Waals surface area (Å²) in [7, 11) is -3.42. The van der Waals surface area contributed by atoms with Gasteiger partial charge in [-0.1, -0.05) is 31.2 Å². The number of nitrogens with one attached hydrogen (secondary N) is 1. The first kappa shape index (κ1) is 15.7. The van der Waals surface area contributed by atoms with Gasteiger partial charge in [-0.15, -0.1) is 0 Å². The third-order valence-corrected chi connectivity index (χ3v) is 4.46. The molecule has 0 unspecified atom stereocenters. The van der Waals surface area contributed by atoms with E-state index in [2.05, 4.69) is 5.32 Å². The summed E-state index contributed by atoms with van der Waals surface area (Å²) in [4.78, 5) is 11.6. The maximum Gasteiger partial charge on any atom is 0.235 e. The SMILES string of the molecule is CC[C@H](C)NC(=O)CS(=O)(=O)Cc1ccccc1C. The van der Waals surface area contributed by atoms with Crippen LogP contribution >= 0.6 is 0 Å². The summed E-state index contributed by atoms with van der Waals surface area (Å²) < 4.78 is 23.9. The van der Waals surface area contributed by atoms with Crippen LogP contribution in [-0.2, 0) is 20.4 Å². The van der Waals surface area contributed by atoms with Gasteiger partial charge in [0, 0.05) is 6.04 Å². The monoisotopic (exact) mass is 283 g/mol. The molecule has 0 spiro atoms. The summed E-state index contributed by atoms with van der Waals surface area (Å²) in [6, 6.07) is 7.31. The minimum atomic E-state index is -3.42. The molecule has 0 aliphatic heterocycles. The molecule has 0 fully saturated rings. The number of hydrogen-bond donors (Lipinski definition) is 1. The first-order valence-corrected chi connectivity index (χ1v) is 8.20. The normalized spacial score (nSPS) is 13.0. The molecule has 1 rings (SSSR count). The average Bonchev–Trinajstić information content (AvgIpc) is 2.30. The zero-order valence-electron chi connectivity index (χ0n) is 11.6. The van der Waals surface area contributed by atoms with Crippen molar-refractivity contribution in [3.63, 3.8) is 0 Å². The highest BCUT2D eigenvalue weighted by Crippen LogP contribution is 2.11. The molecule has 1 aromatic rings. The van der Waals surface area contributed by atoms with E-state index in [0.717, 1.165) is 17.5 Å². The van der Waals surface area contributed by atoms with E-state index in [1.807, 2.05) is 32.9 Å². The van der Waals surface area contributed by atoms with E-state index in [-0.39, 0.29) is 11.8 Å². The van der Waals surface area contributed by atoms with E-state index in [0.29, 0.717) is 0 Å². The highest BCUT2D eigenvalue weighted by molar-refractivity contribution is 7.91. The second-order valence-electron chi connectivity index (χ2n) is 4.84. The smallest absolute Gasteiger partial charge is 0.235 e. The molecule has 0 heterocycles. The van der Waals surface area contributed by atoms with Crippen molar-refractivity contribution in [1.82, 2.24) is 5.32 Å². The Balaban J connectivity index is 2.67. The zero-order valence-corrected chi connectivity index (χ0v) is 12.5. The van der Waals surface area contributed by atoms with Crippen LogP contribution in [0.2, 0.25) is 0 Å². The Morgan fingerprint density at radius 3 is 2.53 bits per heavy atom. The Kier molecular flexibility index (Phi) is 5.54. The van der Waals surface area contributed by atoms with E-state index in [4.69, 9.17) is 0 Å². The number of sulfone groups is 1. The predicted octanol–water partition coefficient (Wildman–Crippen LogP) is 1.82. The van der Waals surface area contributed by atoms with Crippen LogP contribution in [0.25, 0.3) is 0 Å². The lowest BCUT2D eigenvalue weighted by Crippen LogP contribution is -2.36. The largest absolute Gasteiger partial charge is 0.353 e. The molecule has 0 aromatic heterocycles. The number of rotatable bonds is 6. The number of benzene rings is 1. The molecule has 0 saturated heterocycles. The molecule has 4 nitrogen and oxygen atoms in total. The Bertz CT molecular complexity index is 537. The van der Waals surface area contributed by atoms with Crippen LogP contribution in [0.5, 0.6) is 0 Å². The summed E-state index contributed by atoms with van der Waals surface area (Å²) in [6.45, 7) is 5.66. The van der Waals surface area contributed by atoms with E-state index in [9.17, 15) is 13.2 Å². The maximum absolute atomic E-state index is 12.0. The number of carbonyl (C=O) groups excluding carboxylic acids is 1. The van der Waals surface area contributed by atoms with Crippen LogP contribution in [0.4, 0.5) is 0 Å². The molecule has 1 aromatic carbocycles. The van der Waals surface area contributed by atoms with Crippen LogP contribution < -0.4 is 5.32 Å². The number of carbonyl (C=O) groups is 1. The Labute approximate surface area is 115 Å². The molecule has 0 aliphatic carbocycles. The highest BCUT2D eigenvalue weighted by Gasteiger charge is 2.19. The predicted molar refractivity (Wildman–Crippen MR) is 76.6 cm³/mol. The van der Waals surface area contributed by atoms with Crippen molar-refractivity contribution in [2.24, 2.45) is 0 Å². The quantitative estimate of drug-likeness (QED) is 0.866. The Hall–Kier alpha value is -1.36. The highest BCUT2D eigenvalue weighted by atomic mass is 32.2. The van der Waals surface area contributed by atoms with E-state index in [1.165, 1.54) is 0 Å². The molecular weight excluding hydrogens is 262 g/mol. The Morgan fingerprint density at radius 2 is 1.95 bits per heavy atom. The summed E-state index contributed by atoms with van der Waals surface area (Å²) >= 11 is 0. The van der Waals surface area contributed by atoms with Gasteiger partial charge < -0.3 is 5.32 Å². The molecule has 1 atom stereocenters. The fourth-order valence-corrected chi connectivity index (χ4v) is 3.06. The van der Waals surface area contributed by atoms with Crippen LogP contribution in [0.3, 0.4) is 0 Å². The standard InChI is InChI=1S/C14H21NO3S/c1-4-12(3)15-14(16)10-19(17,18)9-13-8-6-5-7-11(13)2/h5-8,12H,4,9-10H2,1-3H3,(H,15,16)/t12-/m0/s1. The van der Waals surface area contributed by atoms with Gasteiger partial charge in [-0.2, -0.15) is 0 Å². The molecule has 0 saturated carbocycles. The maximum atomic E-state index is 12.0. The van der Waals surface area contributed by atoms with Crippen LogP contribution in [0, 0.1) is 6.92 Å². The van der Waals surface area contributed by atoms with Crippen molar-refractivity contribution >= 4 is 15.7 Å². The second kappa shape index (κ2) is 6.70. The van der Waals surface area contributed by atoms with Crippen LogP contribution in [-0.4, -0.2) is 26.1 Å². The average molecular weight is 283 g/mol. The van der Waals surface area contributed by atoms with Gasteiger partial charge in [0.25, 0.3) is 0 Å². The van der Waals surface area contributed by atoms with Gasteiger partial charge in [0.1, 0.15) is 5.75 Å². The molecule has 0 radical (unpaired) electrons. The van der Waals surface area contributed by atoms with Crippen molar-refractivity contribution in [2.75, 3.05) is 5.75 Å². The lowest BCUT2D eigenvalue weighted by molar-refractivity contribution is -0.119. The molecule has 19 heavy (non-hydrogen) atoms. The minimum Gasteiger partial charge on any atom is -0.353 e. The minimum absolute atomic E-state index is 0.00108. The van der Waals surface area contributed by atoms with Gasteiger partial charge in [-0.3, -0.25) is 4.79 Å². The summed E-state index contributed by atoms with van der Waals surface area (Å²) in [5.41, 5.74) is 1.67. The first-order chi connectivity index (χ1) is 8.84. The lowest BCUT2D eigenvalue weighted by atomic mass is 10.1. The summed E-state index contributed by atoms with van der Waals surface area (Å²) in [6.07, 6.45) is 0.781. The van der Waals surface area contributed by atoms with Gasteiger partial charge >= 0.3 is 0 Å².